The summed E-state index contributed by atoms with van der Waals surface area (Å²) in [6, 6.07) is 0. The van der Waals surface area contributed by atoms with Crippen LogP contribution in [0.1, 0.15) is 40.5 Å². The lowest BCUT2D eigenvalue weighted by molar-refractivity contribution is -0.139. The van der Waals surface area contributed by atoms with Crippen molar-refractivity contribution in [1.82, 2.24) is 10.2 Å². The normalized spacial score (nSPS) is 35.0. The maximum atomic E-state index is 12.7. The standard InChI is InChI=1S/C15H28N2O3/c1-5-15(4)14(18)17(13(16-15)8-11(2)3)9-12-10-19-6-7-20-12/h11-13,16H,5-10H2,1-4H3. The first-order valence-electron chi connectivity index (χ1n) is 7.74. The van der Waals surface area contributed by atoms with Gasteiger partial charge in [0.1, 0.15) is 0 Å². The van der Waals surface area contributed by atoms with Gasteiger partial charge in [-0.15, -0.1) is 0 Å². The lowest BCUT2D eigenvalue weighted by Gasteiger charge is -2.31. The minimum atomic E-state index is -0.435. The zero-order valence-electron chi connectivity index (χ0n) is 13.1. The highest BCUT2D eigenvalue weighted by Gasteiger charge is 2.47. The monoisotopic (exact) mass is 284 g/mol. The summed E-state index contributed by atoms with van der Waals surface area (Å²) >= 11 is 0. The van der Waals surface area contributed by atoms with Gasteiger partial charge in [0.25, 0.3) is 0 Å². The third kappa shape index (κ3) is 3.32. The maximum Gasteiger partial charge on any atom is 0.243 e. The molecule has 0 saturated carbocycles. The molecule has 2 aliphatic heterocycles. The van der Waals surface area contributed by atoms with Gasteiger partial charge in [-0.25, -0.2) is 0 Å². The second kappa shape index (κ2) is 6.41. The number of carbonyl (C=O) groups excluding carboxylic acids is 1. The number of ether oxygens (including phenoxy) is 2. The number of nitrogens with one attached hydrogen (secondary N) is 1. The van der Waals surface area contributed by atoms with Crippen LogP contribution in [0.3, 0.4) is 0 Å². The zero-order chi connectivity index (χ0) is 14.8. The quantitative estimate of drug-likeness (QED) is 0.828. The molecule has 1 amide bonds. The summed E-state index contributed by atoms with van der Waals surface area (Å²) in [5.41, 5.74) is -0.435. The largest absolute Gasteiger partial charge is 0.376 e. The van der Waals surface area contributed by atoms with Crippen LogP contribution in [0.5, 0.6) is 0 Å². The topological polar surface area (TPSA) is 50.8 Å². The van der Waals surface area contributed by atoms with E-state index < -0.39 is 5.54 Å². The number of carbonyl (C=O) groups is 1. The molecule has 2 fully saturated rings. The fraction of sp³-hybridized carbons (Fsp3) is 0.933. The fourth-order valence-corrected chi connectivity index (χ4v) is 2.92. The van der Waals surface area contributed by atoms with Crippen molar-refractivity contribution in [2.45, 2.75) is 58.3 Å². The second-order valence-electron chi connectivity index (χ2n) is 6.50. The van der Waals surface area contributed by atoms with Crippen LogP contribution in [0.15, 0.2) is 0 Å². The molecule has 0 aromatic heterocycles. The zero-order valence-corrected chi connectivity index (χ0v) is 13.1. The molecule has 0 spiro atoms. The number of hydrogen-bond donors (Lipinski definition) is 1. The van der Waals surface area contributed by atoms with Crippen LogP contribution in [0.4, 0.5) is 0 Å². The predicted octanol–water partition coefficient (Wildman–Crippen LogP) is 1.37. The van der Waals surface area contributed by atoms with Crippen LogP contribution in [-0.4, -0.2) is 55.0 Å². The van der Waals surface area contributed by atoms with Gasteiger partial charge in [-0.2, -0.15) is 0 Å². The summed E-state index contributed by atoms with van der Waals surface area (Å²) in [4.78, 5) is 14.7. The highest BCUT2D eigenvalue weighted by molar-refractivity contribution is 5.88. The molecule has 116 valence electrons. The Kier molecular flexibility index (Phi) is 5.04. The molecule has 5 heteroatoms. The first-order valence-corrected chi connectivity index (χ1v) is 7.74. The van der Waals surface area contributed by atoms with Gasteiger partial charge in [0, 0.05) is 0 Å². The average Bonchev–Trinajstić information content (AvgIpc) is 2.65. The number of hydrogen-bond acceptors (Lipinski definition) is 4. The summed E-state index contributed by atoms with van der Waals surface area (Å²) in [6.07, 6.45) is 1.88. The maximum absolute atomic E-state index is 12.7. The van der Waals surface area contributed by atoms with Crippen LogP contribution in [-0.2, 0) is 14.3 Å². The molecule has 0 aromatic carbocycles. The predicted molar refractivity (Wildman–Crippen MR) is 77.3 cm³/mol. The lowest BCUT2D eigenvalue weighted by Crippen LogP contribution is -2.46. The molecule has 2 aliphatic rings. The van der Waals surface area contributed by atoms with E-state index in [-0.39, 0.29) is 18.2 Å². The molecule has 3 unspecified atom stereocenters. The first kappa shape index (κ1) is 15.7. The van der Waals surface area contributed by atoms with Gasteiger partial charge in [-0.05, 0) is 25.7 Å². The molecule has 5 nitrogen and oxygen atoms in total. The van der Waals surface area contributed by atoms with Crippen LogP contribution in [0, 0.1) is 5.92 Å². The third-order valence-corrected chi connectivity index (χ3v) is 4.28. The van der Waals surface area contributed by atoms with E-state index in [1.807, 2.05) is 11.8 Å². The summed E-state index contributed by atoms with van der Waals surface area (Å²) in [5.74, 6) is 0.741. The van der Waals surface area contributed by atoms with E-state index in [0.29, 0.717) is 32.3 Å². The average molecular weight is 284 g/mol. The number of rotatable bonds is 5. The smallest absolute Gasteiger partial charge is 0.243 e. The molecule has 20 heavy (non-hydrogen) atoms. The Labute approximate surface area is 122 Å². The van der Waals surface area contributed by atoms with Gasteiger partial charge in [0.15, 0.2) is 0 Å². The van der Waals surface area contributed by atoms with Crippen molar-refractivity contribution < 1.29 is 14.3 Å². The van der Waals surface area contributed by atoms with E-state index in [1.165, 1.54) is 0 Å². The highest BCUT2D eigenvalue weighted by Crippen LogP contribution is 2.27. The van der Waals surface area contributed by atoms with Gasteiger partial charge in [0.2, 0.25) is 5.91 Å². The van der Waals surface area contributed by atoms with Crippen molar-refractivity contribution in [2.24, 2.45) is 5.92 Å². The van der Waals surface area contributed by atoms with Crippen LogP contribution in [0.25, 0.3) is 0 Å². The molecule has 3 atom stereocenters. The summed E-state index contributed by atoms with van der Waals surface area (Å²) in [6.45, 7) is 10.9. The molecular weight excluding hydrogens is 256 g/mol. The van der Waals surface area contributed by atoms with E-state index in [0.717, 1.165) is 12.8 Å². The van der Waals surface area contributed by atoms with Crippen molar-refractivity contribution in [1.29, 1.82) is 0 Å². The molecule has 2 heterocycles. The highest BCUT2D eigenvalue weighted by atomic mass is 16.6. The third-order valence-electron chi connectivity index (χ3n) is 4.28. The molecule has 0 aromatic rings. The van der Waals surface area contributed by atoms with E-state index >= 15 is 0 Å². The van der Waals surface area contributed by atoms with Crippen LogP contribution < -0.4 is 5.32 Å². The van der Waals surface area contributed by atoms with Crippen LogP contribution in [0.2, 0.25) is 0 Å². The van der Waals surface area contributed by atoms with E-state index in [4.69, 9.17) is 9.47 Å². The molecular formula is C15H28N2O3. The fourth-order valence-electron chi connectivity index (χ4n) is 2.92. The van der Waals surface area contributed by atoms with Crippen molar-refractivity contribution in [3.8, 4) is 0 Å². The number of nitrogens with zero attached hydrogens (tertiary/aromatic N) is 1. The van der Waals surface area contributed by atoms with E-state index in [9.17, 15) is 4.79 Å². The van der Waals surface area contributed by atoms with Crippen molar-refractivity contribution in [3.05, 3.63) is 0 Å². The van der Waals surface area contributed by atoms with Gasteiger partial charge in [-0.3, -0.25) is 10.1 Å². The Morgan fingerprint density at radius 3 is 2.75 bits per heavy atom. The molecule has 0 aliphatic carbocycles. The summed E-state index contributed by atoms with van der Waals surface area (Å²) < 4.78 is 11.1. The van der Waals surface area contributed by atoms with E-state index in [2.05, 4.69) is 26.1 Å². The minimum absolute atomic E-state index is 0.00312. The molecule has 0 radical (unpaired) electrons. The summed E-state index contributed by atoms with van der Waals surface area (Å²) in [7, 11) is 0. The SMILES string of the molecule is CCC1(C)NC(CC(C)C)N(CC2COCCO2)C1=O. The molecule has 0 bridgehead atoms. The Bertz CT molecular complexity index is 342. The Morgan fingerprint density at radius 2 is 2.20 bits per heavy atom. The van der Waals surface area contributed by atoms with Gasteiger partial charge in [-0.1, -0.05) is 20.8 Å². The first-order chi connectivity index (χ1) is 9.46. The Morgan fingerprint density at radius 1 is 1.45 bits per heavy atom. The lowest BCUT2D eigenvalue weighted by atomic mass is 9.99. The van der Waals surface area contributed by atoms with Crippen molar-refractivity contribution in [2.75, 3.05) is 26.4 Å². The summed E-state index contributed by atoms with van der Waals surface area (Å²) in [5, 5.41) is 3.52. The Hall–Kier alpha value is -0.650. The van der Waals surface area contributed by atoms with Crippen LogP contribution >= 0.6 is 0 Å². The number of amides is 1. The second-order valence-corrected chi connectivity index (χ2v) is 6.50. The van der Waals surface area contributed by atoms with Gasteiger partial charge in [0.05, 0.1) is 44.2 Å². The molecule has 2 rings (SSSR count). The van der Waals surface area contributed by atoms with Gasteiger partial charge < -0.3 is 14.4 Å². The van der Waals surface area contributed by atoms with E-state index in [1.54, 1.807) is 0 Å². The molecule has 1 N–H and O–H groups in total. The molecule has 2 saturated heterocycles. The minimum Gasteiger partial charge on any atom is -0.376 e. The Balaban J connectivity index is 2.06. The van der Waals surface area contributed by atoms with Crippen molar-refractivity contribution in [3.63, 3.8) is 0 Å². The van der Waals surface area contributed by atoms with Gasteiger partial charge >= 0.3 is 0 Å². The van der Waals surface area contributed by atoms with Crippen molar-refractivity contribution >= 4 is 5.91 Å².